The van der Waals surface area contributed by atoms with Gasteiger partial charge in [0.1, 0.15) is 0 Å². The van der Waals surface area contributed by atoms with Gasteiger partial charge in [-0.2, -0.15) is 10.2 Å². The van der Waals surface area contributed by atoms with Crippen molar-refractivity contribution in [2.75, 3.05) is 0 Å². The van der Waals surface area contributed by atoms with Crippen LogP contribution in [-0.4, -0.2) is 20.0 Å². The third-order valence-electron chi connectivity index (χ3n) is 1.82. The lowest BCUT2D eigenvalue weighted by Crippen LogP contribution is -2.04. The van der Waals surface area contributed by atoms with Crippen molar-refractivity contribution in [3.63, 3.8) is 0 Å². The molecule has 0 aliphatic carbocycles. The predicted molar refractivity (Wildman–Crippen MR) is 48.6 cm³/mol. The summed E-state index contributed by atoms with van der Waals surface area (Å²) >= 11 is 0. The van der Waals surface area contributed by atoms with Crippen molar-refractivity contribution in [2.45, 2.75) is 13.8 Å². The molecule has 0 aliphatic heterocycles. The Bertz CT molecular complexity index is 406. The van der Waals surface area contributed by atoms with Gasteiger partial charge in [-0.3, -0.25) is 0 Å². The van der Waals surface area contributed by atoms with E-state index in [1.807, 2.05) is 26.0 Å². The number of aromatic nitrogens is 4. The van der Waals surface area contributed by atoms with E-state index in [2.05, 4.69) is 15.2 Å². The molecule has 2 aromatic rings. The minimum atomic E-state index is 0.796. The van der Waals surface area contributed by atoms with E-state index >= 15 is 0 Å². The van der Waals surface area contributed by atoms with Gasteiger partial charge < -0.3 is 0 Å². The standard InChI is InChI=1S/C9H10N4/c1-7-3-4-8(2)12-9(7)13-10-5-6-11-13/h3-6H,1-2H3. The normalized spacial score (nSPS) is 10.3. The van der Waals surface area contributed by atoms with Gasteiger partial charge in [-0.05, 0) is 25.5 Å². The summed E-state index contributed by atoms with van der Waals surface area (Å²) in [5.41, 5.74) is 2.04. The van der Waals surface area contributed by atoms with Crippen LogP contribution in [0.4, 0.5) is 0 Å². The second kappa shape index (κ2) is 2.97. The van der Waals surface area contributed by atoms with Crippen molar-refractivity contribution in [2.24, 2.45) is 0 Å². The van der Waals surface area contributed by atoms with E-state index in [0.29, 0.717) is 0 Å². The second-order valence-corrected chi connectivity index (χ2v) is 2.91. The minimum absolute atomic E-state index is 0.796. The number of pyridine rings is 1. The Kier molecular flexibility index (Phi) is 1.81. The van der Waals surface area contributed by atoms with Gasteiger partial charge in [0.05, 0.1) is 12.4 Å². The third kappa shape index (κ3) is 1.42. The molecular formula is C9H10N4. The first kappa shape index (κ1) is 7.91. The average Bonchev–Trinajstić information content (AvgIpc) is 2.61. The van der Waals surface area contributed by atoms with Crippen molar-refractivity contribution >= 4 is 0 Å². The van der Waals surface area contributed by atoms with Crippen LogP contribution in [0.3, 0.4) is 0 Å². The van der Waals surface area contributed by atoms with Crippen LogP contribution in [0.2, 0.25) is 0 Å². The maximum absolute atomic E-state index is 4.35. The summed E-state index contributed by atoms with van der Waals surface area (Å²) in [6, 6.07) is 3.99. The molecule has 0 radical (unpaired) electrons. The molecule has 0 fully saturated rings. The smallest absolute Gasteiger partial charge is 0.177 e. The molecule has 0 amide bonds. The molecule has 0 spiro atoms. The average molecular weight is 174 g/mol. The molecular weight excluding hydrogens is 164 g/mol. The Hall–Kier alpha value is -1.71. The summed E-state index contributed by atoms with van der Waals surface area (Å²) in [4.78, 5) is 5.88. The molecule has 4 heteroatoms. The molecule has 13 heavy (non-hydrogen) atoms. The molecule has 0 aliphatic rings. The van der Waals surface area contributed by atoms with Gasteiger partial charge >= 0.3 is 0 Å². The lowest BCUT2D eigenvalue weighted by atomic mass is 10.2. The SMILES string of the molecule is Cc1ccc(C)c(-n2nccn2)n1. The van der Waals surface area contributed by atoms with E-state index in [-0.39, 0.29) is 0 Å². The van der Waals surface area contributed by atoms with E-state index in [9.17, 15) is 0 Å². The Balaban J connectivity index is 2.57. The van der Waals surface area contributed by atoms with Crippen LogP contribution >= 0.6 is 0 Å². The highest BCUT2D eigenvalue weighted by Crippen LogP contribution is 2.08. The first-order valence-electron chi connectivity index (χ1n) is 4.08. The van der Waals surface area contributed by atoms with Crippen molar-refractivity contribution in [1.82, 2.24) is 20.0 Å². The molecule has 4 nitrogen and oxygen atoms in total. The van der Waals surface area contributed by atoms with Gasteiger partial charge in [-0.15, -0.1) is 4.80 Å². The Labute approximate surface area is 76.2 Å². The number of aryl methyl sites for hydroxylation is 2. The zero-order chi connectivity index (χ0) is 9.26. The second-order valence-electron chi connectivity index (χ2n) is 2.91. The van der Waals surface area contributed by atoms with Gasteiger partial charge in [-0.1, -0.05) is 6.07 Å². The Morgan fingerprint density at radius 1 is 1.08 bits per heavy atom. The van der Waals surface area contributed by atoms with E-state index in [1.165, 1.54) is 4.80 Å². The predicted octanol–water partition coefficient (Wildman–Crippen LogP) is 1.28. The first-order chi connectivity index (χ1) is 6.27. The van der Waals surface area contributed by atoms with Gasteiger partial charge in [0.25, 0.3) is 0 Å². The fourth-order valence-electron chi connectivity index (χ4n) is 1.14. The highest BCUT2D eigenvalue weighted by molar-refractivity contribution is 5.31. The summed E-state index contributed by atoms with van der Waals surface area (Å²) in [6.07, 6.45) is 3.28. The highest BCUT2D eigenvalue weighted by Gasteiger charge is 2.03. The molecule has 66 valence electrons. The van der Waals surface area contributed by atoms with Crippen LogP contribution < -0.4 is 0 Å². The number of hydrogen-bond acceptors (Lipinski definition) is 3. The van der Waals surface area contributed by atoms with Crippen molar-refractivity contribution in [1.29, 1.82) is 0 Å². The van der Waals surface area contributed by atoms with Crippen molar-refractivity contribution < 1.29 is 0 Å². The van der Waals surface area contributed by atoms with E-state index in [0.717, 1.165) is 17.1 Å². The molecule has 2 rings (SSSR count). The van der Waals surface area contributed by atoms with E-state index in [4.69, 9.17) is 0 Å². The van der Waals surface area contributed by atoms with Gasteiger partial charge in [0.2, 0.25) is 0 Å². The number of hydrogen-bond donors (Lipinski definition) is 0. The first-order valence-corrected chi connectivity index (χ1v) is 4.08. The quantitative estimate of drug-likeness (QED) is 0.654. The summed E-state index contributed by atoms with van der Waals surface area (Å²) in [6.45, 7) is 3.94. The fourth-order valence-corrected chi connectivity index (χ4v) is 1.14. The lowest BCUT2D eigenvalue weighted by molar-refractivity contribution is 0.720. The van der Waals surface area contributed by atoms with Crippen LogP contribution in [0.25, 0.3) is 5.82 Å². The summed E-state index contributed by atoms with van der Waals surface area (Å²) in [5.74, 6) is 0.796. The topological polar surface area (TPSA) is 43.6 Å². The van der Waals surface area contributed by atoms with Crippen LogP contribution in [0, 0.1) is 13.8 Å². The zero-order valence-electron chi connectivity index (χ0n) is 7.60. The molecule has 2 aromatic heterocycles. The maximum atomic E-state index is 4.35. The molecule has 0 aromatic carbocycles. The summed E-state index contributed by atoms with van der Waals surface area (Å²) in [7, 11) is 0. The van der Waals surface area contributed by atoms with Crippen LogP contribution in [0.5, 0.6) is 0 Å². The Morgan fingerprint density at radius 3 is 2.46 bits per heavy atom. The van der Waals surface area contributed by atoms with Crippen molar-refractivity contribution in [3.8, 4) is 5.82 Å². The summed E-state index contributed by atoms with van der Waals surface area (Å²) < 4.78 is 0. The maximum Gasteiger partial charge on any atom is 0.177 e. The van der Waals surface area contributed by atoms with E-state index < -0.39 is 0 Å². The fraction of sp³-hybridized carbons (Fsp3) is 0.222. The minimum Gasteiger partial charge on any atom is -0.232 e. The van der Waals surface area contributed by atoms with Crippen LogP contribution in [0.15, 0.2) is 24.5 Å². The molecule has 0 atom stereocenters. The number of rotatable bonds is 1. The zero-order valence-corrected chi connectivity index (χ0v) is 7.60. The molecule has 0 unspecified atom stereocenters. The monoisotopic (exact) mass is 174 g/mol. The lowest BCUT2D eigenvalue weighted by Gasteiger charge is -2.03. The van der Waals surface area contributed by atoms with Gasteiger partial charge in [-0.25, -0.2) is 4.98 Å². The van der Waals surface area contributed by atoms with Crippen LogP contribution in [0.1, 0.15) is 11.3 Å². The third-order valence-corrected chi connectivity index (χ3v) is 1.82. The molecule has 0 bridgehead atoms. The molecule has 0 saturated carbocycles. The Morgan fingerprint density at radius 2 is 1.77 bits per heavy atom. The summed E-state index contributed by atoms with van der Waals surface area (Å²) in [5, 5.41) is 8.06. The molecule has 0 saturated heterocycles. The van der Waals surface area contributed by atoms with Gasteiger partial charge in [0, 0.05) is 5.69 Å². The number of nitrogens with zero attached hydrogens (tertiary/aromatic N) is 4. The highest BCUT2D eigenvalue weighted by atomic mass is 15.5. The van der Waals surface area contributed by atoms with Gasteiger partial charge in [0.15, 0.2) is 5.82 Å². The van der Waals surface area contributed by atoms with E-state index in [1.54, 1.807) is 12.4 Å². The van der Waals surface area contributed by atoms with Crippen LogP contribution in [-0.2, 0) is 0 Å². The molecule has 0 N–H and O–H groups in total. The molecule has 2 heterocycles. The van der Waals surface area contributed by atoms with Crippen molar-refractivity contribution in [3.05, 3.63) is 35.8 Å². The largest absolute Gasteiger partial charge is 0.232 e.